The first-order valence-electron chi connectivity index (χ1n) is 6.96. The summed E-state index contributed by atoms with van der Waals surface area (Å²) in [7, 11) is 0. The number of hydrogen-bond acceptors (Lipinski definition) is 4. The predicted molar refractivity (Wildman–Crippen MR) is 78.7 cm³/mol. The van der Waals surface area contributed by atoms with Crippen molar-refractivity contribution in [2.75, 3.05) is 31.2 Å². The topological polar surface area (TPSA) is 49.2 Å². The van der Waals surface area contributed by atoms with Gasteiger partial charge in [0, 0.05) is 42.7 Å². The van der Waals surface area contributed by atoms with Gasteiger partial charge < -0.3 is 9.64 Å². The SMILES string of the molecule is N#CCCc1ccc2cc(N3CCOCC3)ccc2n1. The zero-order valence-corrected chi connectivity index (χ0v) is 11.4. The van der Waals surface area contributed by atoms with Gasteiger partial charge in [0.1, 0.15) is 0 Å². The summed E-state index contributed by atoms with van der Waals surface area (Å²) < 4.78 is 5.38. The van der Waals surface area contributed by atoms with Gasteiger partial charge in [0.2, 0.25) is 0 Å². The summed E-state index contributed by atoms with van der Waals surface area (Å²) in [6, 6.07) is 12.6. The molecule has 1 aliphatic rings. The van der Waals surface area contributed by atoms with Crippen molar-refractivity contribution >= 4 is 16.6 Å². The lowest BCUT2D eigenvalue weighted by Crippen LogP contribution is -2.36. The van der Waals surface area contributed by atoms with Gasteiger partial charge in [0.15, 0.2) is 0 Å². The van der Waals surface area contributed by atoms with Gasteiger partial charge in [-0.3, -0.25) is 4.98 Å². The van der Waals surface area contributed by atoms with Crippen molar-refractivity contribution in [3.63, 3.8) is 0 Å². The number of morpholine rings is 1. The molecule has 4 heteroatoms. The molecular weight excluding hydrogens is 250 g/mol. The first kappa shape index (κ1) is 12.9. The number of aryl methyl sites for hydroxylation is 1. The largest absolute Gasteiger partial charge is 0.378 e. The summed E-state index contributed by atoms with van der Waals surface area (Å²) in [6.07, 6.45) is 1.24. The predicted octanol–water partition coefficient (Wildman–Crippen LogP) is 2.53. The van der Waals surface area contributed by atoms with Crippen LogP contribution in [0.5, 0.6) is 0 Å². The van der Waals surface area contributed by atoms with E-state index < -0.39 is 0 Å². The number of rotatable bonds is 3. The van der Waals surface area contributed by atoms with Crippen LogP contribution < -0.4 is 4.90 Å². The highest BCUT2D eigenvalue weighted by Crippen LogP contribution is 2.22. The smallest absolute Gasteiger partial charge is 0.0706 e. The average molecular weight is 267 g/mol. The van der Waals surface area contributed by atoms with E-state index in [9.17, 15) is 0 Å². The fraction of sp³-hybridized carbons (Fsp3) is 0.375. The second kappa shape index (κ2) is 5.89. The Morgan fingerprint density at radius 1 is 1.20 bits per heavy atom. The van der Waals surface area contributed by atoms with E-state index in [1.807, 2.05) is 6.07 Å². The number of benzene rings is 1. The Balaban J connectivity index is 1.86. The lowest BCUT2D eigenvalue weighted by molar-refractivity contribution is 0.122. The lowest BCUT2D eigenvalue weighted by atomic mass is 10.1. The number of nitrogens with zero attached hydrogens (tertiary/aromatic N) is 3. The summed E-state index contributed by atoms with van der Waals surface area (Å²) in [5.41, 5.74) is 3.21. The maximum absolute atomic E-state index is 8.63. The van der Waals surface area contributed by atoms with Crippen molar-refractivity contribution in [2.45, 2.75) is 12.8 Å². The van der Waals surface area contributed by atoms with E-state index in [1.54, 1.807) is 0 Å². The molecule has 20 heavy (non-hydrogen) atoms. The molecule has 4 nitrogen and oxygen atoms in total. The van der Waals surface area contributed by atoms with Crippen LogP contribution in [0.15, 0.2) is 30.3 Å². The highest BCUT2D eigenvalue weighted by atomic mass is 16.5. The number of pyridine rings is 1. The molecule has 0 aliphatic carbocycles. The minimum atomic E-state index is 0.518. The van der Waals surface area contributed by atoms with Crippen LogP contribution in [-0.2, 0) is 11.2 Å². The van der Waals surface area contributed by atoms with Crippen LogP contribution in [0.25, 0.3) is 10.9 Å². The van der Waals surface area contributed by atoms with Crippen LogP contribution in [0.3, 0.4) is 0 Å². The molecule has 1 saturated heterocycles. The third kappa shape index (κ3) is 2.73. The van der Waals surface area contributed by atoms with E-state index >= 15 is 0 Å². The van der Waals surface area contributed by atoms with Gasteiger partial charge in [-0.05, 0) is 24.3 Å². The molecule has 0 saturated carbocycles. The third-order valence-electron chi connectivity index (χ3n) is 3.60. The number of nitriles is 1. The third-order valence-corrected chi connectivity index (χ3v) is 3.60. The van der Waals surface area contributed by atoms with Crippen LogP contribution in [-0.4, -0.2) is 31.3 Å². The van der Waals surface area contributed by atoms with Crippen molar-refractivity contribution < 1.29 is 4.74 Å². The molecule has 0 spiro atoms. The van der Waals surface area contributed by atoms with Gasteiger partial charge in [0.25, 0.3) is 0 Å². The minimum absolute atomic E-state index is 0.518. The summed E-state index contributed by atoms with van der Waals surface area (Å²) >= 11 is 0. The zero-order valence-electron chi connectivity index (χ0n) is 11.4. The fourth-order valence-corrected chi connectivity index (χ4v) is 2.50. The summed E-state index contributed by atoms with van der Waals surface area (Å²) in [6.45, 7) is 3.48. The first-order chi connectivity index (χ1) is 9.86. The summed E-state index contributed by atoms with van der Waals surface area (Å²) in [5.74, 6) is 0. The van der Waals surface area contributed by atoms with Crippen molar-refractivity contribution in [1.82, 2.24) is 4.98 Å². The molecule has 1 aliphatic heterocycles. The maximum atomic E-state index is 8.63. The van der Waals surface area contributed by atoms with Gasteiger partial charge in [-0.2, -0.15) is 5.26 Å². The zero-order chi connectivity index (χ0) is 13.8. The number of hydrogen-bond donors (Lipinski definition) is 0. The van der Waals surface area contributed by atoms with Crippen LogP contribution in [0.2, 0.25) is 0 Å². The number of ether oxygens (including phenoxy) is 1. The van der Waals surface area contributed by atoms with Gasteiger partial charge >= 0.3 is 0 Å². The lowest BCUT2D eigenvalue weighted by Gasteiger charge is -2.29. The normalized spacial score (nSPS) is 15.2. The van der Waals surface area contributed by atoms with Crippen molar-refractivity contribution in [2.24, 2.45) is 0 Å². The minimum Gasteiger partial charge on any atom is -0.378 e. The molecule has 1 fully saturated rings. The maximum Gasteiger partial charge on any atom is 0.0706 e. The Bertz CT molecular complexity index is 642. The quantitative estimate of drug-likeness (QED) is 0.857. The van der Waals surface area contributed by atoms with E-state index in [0.717, 1.165) is 49.3 Å². The highest BCUT2D eigenvalue weighted by Gasteiger charge is 2.11. The van der Waals surface area contributed by atoms with E-state index in [2.05, 4.69) is 40.2 Å². The van der Waals surface area contributed by atoms with Crippen LogP contribution >= 0.6 is 0 Å². The molecule has 0 radical (unpaired) electrons. The highest BCUT2D eigenvalue weighted by molar-refractivity contribution is 5.82. The van der Waals surface area contributed by atoms with E-state index in [4.69, 9.17) is 10.00 Å². The molecular formula is C16H17N3O. The Morgan fingerprint density at radius 2 is 2.05 bits per heavy atom. The standard InChI is InChI=1S/C16H17N3O/c17-7-1-2-14-4-3-13-12-15(5-6-16(13)18-14)19-8-10-20-11-9-19/h3-6,12H,1-2,8-11H2. The molecule has 102 valence electrons. The number of aromatic nitrogens is 1. The van der Waals surface area contributed by atoms with Gasteiger partial charge in [-0.1, -0.05) is 6.07 Å². The summed E-state index contributed by atoms with van der Waals surface area (Å²) in [4.78, 5) is 6.94. The van der Waals surface area contributed by atoms with Crippen molar-refractivity contribution in [1.29, 1.82) is 5.26 Å². The molecule has 0 amide bonds. The van der Waals surface area contributed by atoms with Gasteiger partial charge in [0.05, 0.1) is 24.8 Å². The molecule has 2 heterocycles. The van der Waals surface area contributed by atoms with E-state index in [0.29, 0.717) is 6.42 Å². The average Bonchev–Trinajstić information content (AvgIpc) is 2.53. The molecule has 3 rings (SSSR count). The van der Waals surface area contributed by atoms with Crippen molar-refractivity contribution in [3.8, 4) is 6.07 Å². The molecule has 2 aromatic rings. The van der Waals surface area contributed by atoms with Crippen molar-refractivity contribution in [3.05, 3.63) is 36.0 Å². The van der Waals surface area contributed by atoms with E-state index in [1.165, 1.54) is 5.69 Å². The second-order valence-electron chi connectivity index (χ2n) is 4.94. The molecule has 1 aromatic carbocycles. The van der Waals surface area contributed by atoms with Crippen LogP contribution in [0, 0.1) is 11.3 Å². The first-order valence-corrected chi connectivity index (χ1v) is 6.96. The molecule has 0 N–H and O–H groups in total. The molecule has 0 unspecified atom stereocenters. The number of anilines is 1. The van der Waals surface area contributed by atoms with Crippen LogP contribution in [0.4, 0.5) is 5.69 Å². The summed E-state index contributed by atoms with van der Waals surface area (Å²) in [5, 5.41) is 9.78. The van der Waals surface area contributed by atoms with Gasteiger partial charge in [-0.25, -0.2) is 0 Å². The molecule has 0 atom stereocenters. The van der Waals surface area contributed by atoms with E-state index in [-0.39, 0.29) is 0 Å². The Hall–Kier alpha value is -2.12. The van der Waals surface area contributed by atoms with Gasteiger partial charge in [-0.15, -0.1) is 0 Å². The van der Waals surface area contributed by atoms with Crippen LogP contribution in [0.1, 0.15) is 12.1 Å². The monoisotopic (exact) mass is 267 g/mol. The Morgan fingerprint density at radius 3 is 2.85 bits per heavy atom. The fourth-order valence-electron chi connectivity index (χ4n) is 2.50. The molecule has 1 aromatic heterocycles. The Labute approximate surface area is 118 Å². The second-order valence-corrected chi connectivity index (χ2v) is 4.94. The molecule has 0 bridgehead atoms. The number of fused-ring (bicyclic) bond motifs is 1. The Kier molecular flexibility index (Phi) is 3.80.